The highest BCUT2D eigenvalue weighted by Crippen LogP contribution is 2.30. The van der Waals surface area contributed by atoms with Gasteiger partial charge in [-0.25, -0.2) is 12.4 Å². The van der Waals surface area contributed by atoms with Gasteiger partial charge in [-0.1, -0.05) is 13.0 Å². The lowest BCUT2D eigenvalue weighted by molar-refractivity contribution is 0.588. The second kappa shape index (κ2) is 10.0. The normalized spacial score (nSPS) is 11.1. The van der Waals surface area contributed by atoms with Crippen LogP contribution in [0.2, 0.25) is 0 Å². The van der Waals surface area contributed by atoms with Crippen molar-refractivity contribution in [1.29, 1.82) is 5.26 Å². The average molecular weight is 482 g/mol. The molecule has 9 heteroatoms. The van der Waals surface area contributed by atoms with Crippen molar-refractivity contribution in [3.8, 4) is 6.07 Å². The molecule has 0 radical (unpaired) electrons. The molecule has 0 aliphatic heterocycles. The number of anilines is 2. The summed E-state index contributed by atoms with van der Waals surface area (Å²) in [6, 6.07) is 16.5. The van der Waals surface area contributed by atoms with Gasteiger partial charge in [0, 0.05) is 41.9 Å². The maximum absolute atomic E-state index is 13.4. The van der Waals surface area contributed by atoms with Crippen molar-refractivity contribution in [1.82, 2.24) is 14.3 Å². The number of aryl methyl sites for hydroxylation is 1. The van der Waals surface area contributed by atoms with Crippen LogP contribution in [0.15, 0.2) is 72.0 Å². The topological polar surface area (TPSA) is 99.8 Å². The van der Waals surface area contributed by atoms with Gasteiger partial charge in [0.2, 0.25) is 0 Å². The molecule has 0 spiro atoms. The highest BCUT2D eigenvalue weighted by molar-refractivity contribution is 7.90. The highest BCUT2D eigenvalue weighted by atomic mass is 35.5. The molecular weight excluding hydrogens is 458 g/mol. The molecule has 0 aliphatic rings. The third kappa shape index (κ3) is 4.71. The lowest BCUT2D eigenvalue weighted by Crippen LogP contribution is -2.12. The van der Waals surface area contributed by atoms with Crippen LogP contribution in [0.4, 0.5) is 11.4 Å². The predicted molar refractivity (Wildman–Crippen MR) is 133 cm³/mol. The van der Waals surface area contributed by atoms with E-state index in [0.29, 0.717) is 17.6 Å². The molecule has 0 atom stereocenters. The smallest absolute Gasteiger partial charge is 0.269 e. The number of halogens is 1. The first kappa shape index (κ1) is 24.3. The molecule has 0 amide bonds. The van der Waals surface area contributed by atoms with E-state index >= 15 is 0 Å². The monoisotopic (exact) mass is 481 g/mol. The number of pyridine rings is 1. The van der Waals surface area contributed by atoms with E-state index in [2.05, 4.69) is 21.7 Å². The first-order chi connectivity index (χ1) is 15.5. The van der Waals surface area contributed by atoms with Gasteiger partial charge in [0.25, 0.3) is 10.0 Å². The molecular formula is C24H24ClN5O2S. The fraction of sp³-hybridized carbons (Fsp3) is 0.167. The lowest BCUT2D eigenvalue weighted by Gasteiger charge is -2.13. The SMILES string of the molecule is CCc1cc(C#N)ccc1Nc1ccc2c(CNC)cn(S(=O)(=O)c3cccnc3)c2c1.Cl. The van der Waals surface area contributed by atoms with Gasteiger partial charge >= 0.3 is 0 Å². The van der Waals surface area contributed by atoms with Gasteiger partial charge in [-0.15, -0.1) is 12.4 Å². The molecule has 4 aromatic rings. The van der Waals surface area contributed by atoms with E-state index in [0.717, 1.165) is 34.3 Å². The van der Waals surface area contributed by atoms with E-state index in [-0.39, 0.29) is 17.3 Å². The van der Waals surface area contributed by atoms with Crippen molar-refractivity contribution in [3.63, 3.8) is 0 Å². The van der Waals surface area contributed by atoms with Crippen LogP contribution in [0.3, 0.4) is 0 Å². The van der Waals surface area contributed by atoms with E-state index in [9.17, 15) is 8.42 Å². The number of aromatic nitrogens is 2. The molecule has 2 heterocycles. The van der Waals surface area contributed by atoms with Crippen molar-refractivity contribution in [3.05, 3.63) is 83.8 Å². The molecule has 0 aliphatic carbocycles. The number of hydrogen-bond acceptors (Lipinski definition) is 6. The fourth-order valence-corrected chi connectivity index (χ4v) is 5.07. The molecule has 2 aromatic heterocycles. The molecule has 0 saturated heterocycles. The predicted octanol–water partition coefficient (Wildman–Crippen LogP) is 4.59. The summed E-state index contributed by atoms with van der Waals surface area (Å²) in [5, 5.41) is 16.5. The number of hydrogen-bond donors (Lipinski definition) is 2. The van der Waals surface area contributed by atoms with E-state index in [4.69, 9.17) is 5.26 Å². The van der Waals surface area contributed by atoms with Crippen LogP contribution in [0, 0.1) is 11.3 Å². The van der Waals surface area contributed by atoms with Crippen molar-refractivity contribution in [2.75, 3.05) is 12.4 Å². The quantitative estimate of drug-likeness (QED) is 0.400. The van der Waals surface area contributed by atoms with Crippen LogP contribution in [-0.2, 0) is 23.0 Å². The zero-order chi connectivity index (χ0) is 22.7. The van der Waals surface area contributed by atoms with Crippen LogP contribution in [-0.4, -0.2) is 24.4 Å². The van der Waals surface area contributed by atoms with Gasteiger partial charge in [0.15, 0.2) is 0 Å². The number of nitriles is 1. The van der Waals surface area contributed by atoms with Gasteiger partial charge in [-0.2, -0.15) is 5.26 Å². The van der Waals surface area contributed by atoms with Gasteiger partial charge in [0.1, 0.15) is 4.90 Å². The van der Waals surface area contributed by atoms with Gasteiger partial charge in [-0.05, 0) is 67.1 Å². The average Bonchev–Trinajstić information content (AvgIpc) is 3.18. The molecule has 170 valence electrons. The number of fused-ring (bicyclic) bond motifs is 1. The molecule has 2 N–H and O–H groups in total. The second-order valence-corrected chi connectivity index (χ2v) is 9.18. The van der Waals surface area contributed by atoms with E-state index in [1.165, 1.54) is 16.2 Å². The van der Waals surface area contributed by atoms with E-state index in [1.807, 2.05) is 44.3 Å². The molecule has 7 nitrogen and oxygen atoms in total. The number of nitrogens with zero attached hydrogens (tertiary/aromatic N) is 3. The summed E-state index contributed by atoms with van der Waals surface area (Å²) in [4.78, 5) is 4.10. The van der Waals surface area contributed by atoms with Gasteiger partial charge < -0.3 is 10.6 Å². The first-order valence-corrected chi connectivity index (χ1v) is 11.7. The summed E-state index contributed by atoms with van der Waals surface area (Å²) < 4.78 is 28.0. The minimum Gasteiger partial charge on any atom is -0.355 e. The third-order valence-electron chi connectivity index (χ3n) is 5.31. The van der Waals surface area contributed by atoms with Crippen molar-refractivity contribution in [2.24, 2.45) is 0 Å². The molecule has 2 aromatic carbocycles. The van der Waals surface area contributed by atoms with E-state index in [1.54, 1.807) is 24.5 Å². The summed E-state index contributed by atoms with van der Waals surface area (Å²) in [5.74, 6) is 0. The maximum atomic E-state index is 13.4. The minimum absolute atomic E-state index is 0. The number of rotatable bonds is 7. The van der Waals surface area contributed by atoms with E-state index < -0.39 is 10.0 Å². The Hall–Kier alpha value is -3.38. The fourth-order valence-electron chi connectivity index (χ4n) is 3.72. The minimum atomic E-state index is -3.81. The standard InChI is InChI=1S/C24H23N5O2S.ClH/c1-3-18-11-17(13-25)6-9-23(18)28-20-7-8-22-19(14-26-2)16-29(24(22)12-20)32(30,31)21-5-4-10-27-15-21;/h4-12,15-16,26,28H,3,14H2,1-2H3;1H. The largest absolute Gasteiger partial charge is 0.355 e. The molecule has 0 saturated carbocycles. The Morgan fingerprint density at radius 3 is 2.61 bits per heavy atom. The summed E-state index contributed by atoms with van der Waals surface area (Å²) in [6.45, 7) is 2.56. The summed E-state index contributed by atoms with van der Waals surface area (Å²) in [6.07, 6.45) is 5.32. The Morgan fingerprint density at radius 2 is 1.94 bits per heavy atom. The maximum Gasteiger partial charge on any atom is 0.269 e. The van der Waals surface area contributed by atoms with Crippen molar-refractivity contribution >= 4 is 44.7 Å². The molecule has 0 fully saturated rings. The Balaban J connectivity index is 0.00000306. The number of nitrogens with one attached hydrogen (secondary N) is 2. The van der Waals surface area contributed by atoms with Crippen LogP contribution >= 0.6 is 12.4 Å². The Labute approximate surface area is 199 Å². The van der Waals surface area contributed by atoms with Crippen molar-refractivity contribution in [2.45, 2.75) is 24.8 Å². The van der Waals surface area contributed by atoms with Crippen molar-refractivity contribution < 1.29 is 8.42 Å². The lowest BCUT2D eigenvalue weighted by atomic mass is 10.1. The second-order valence-electron chi connectivity index (χ2n) is 7.37. The summed E-state index contributed by atoms with van der Waals surface area (Å²) in [7, 11) is -1.99. The van der Waals surface area contributed by atoms with Crippen LogP contribution in [0.1, 0.15) is 23.6 Å². The van der Waals surface area contributed by atoms with Crippen LogP contribution in [0.25, 0.3) is 10.9 Å². The summed E-state index contributed by atoms with van der Waals surface area (Å²) in [5.41, 5.74) is 4.72. The molecule has 0 bridgehead atoms. The van der Waals surface area contributed by atoms with Gasteiger partial charge in [0.05, 0.1) is 17.1 Å². The third-order valence-corrected chi connectivity index (χ3v) is 6.96. The van der Waals surface area contributed by atoms with Crippen LogP contribution < -0.4 is 10.6 Å². The Bertz CT molecular complexity index is 1430. The zero-order valence-electron chi connectivity index (χ0n) is 18.2. The Morgan fingerprint density at radius 1 is 1.12 bits per heavy atom. The first-order valence-electron chi connectivity index (χ1n) is 10.2. The zero-order valence-corrected chi connectivity index (χ0v) is 19.9. The van der Waals surface area contributed by atoms with Gasteiger partial charge in [-0.3, -0.25) is 4.98 Å². The molecule has 0 unspecified atom stereocenters. The van der Waals surface area contributed by atoms with Crippen LogP contribution in [0.5, 0.6) is 0 Å². The Kier molecular flexibility index (Phi) is 7.39. The molecule has 4 rings (SSSR count). The highest BCUT2D eigenvalue weighted by Gasteiger charge is 2.21. The molecule has 33 heavy (non-hydrogen) atoms. The number of benzene rings is 2. The summed E-state index contributed by atoms with van der Waals surface area (Å²) >= 11 is 0.